The first kappa shape index (κ1) is 42.5. The van der Waals surface area contributed by atoms with Gasteiger partial charge in [0.25, 0.3) is 0 Å². The largest absolute Gasteiger partial charge is 0.487 e. The van der Waals surface area contributed by atoms with Gasteiger partial charge in [-0.1, -0.05) is 39.0 Å². The van der Waals surface area contributed by atoms with E-state index < -0.39 is 22.1 Å². The summed E-state index contributed by atoms with van der Waals surface area (Å²) in [5.74, 6) is 0.547. The van der Waals surface area contributed by atoms with Crippen LogP contribution in [0, 0.1) is 12.8 Å². The highest BCUT2D eigenvalue weighted by Crippen LogP contribution is 2.35. The summed E-state index contributed by atoms with van der Waals surface area (Å²) in [6.45, 7) is 8.12. The average molecular weight is 811 g/mol. The minimum atomic E-state index is -4.06. The second-order valence-electron chi connectivity index (χ2n) is 13.5. The number of carbonyl (C=O) groups is 2. The van der Waals surface area contributed by atoms with Gasteiger partial charge in [0.15, 0.2) is 17.6 Å². The minimum absolute atomic E-state index is 0.00575. The number of amides is 1. The molecule has 4 aromatic rings. The number of pyridine rings is 1. The molecule has 1 aliphatic heterocycles. The summed E-state index contributed by atoms with van der Waals surface area (Å²) >= 11 is 1.59. The maximum Gasteiger partial charge on any atom is 0.336 e. The highest BCUT2D eigenvalue weighted by atomic mass is 32.2. The Morgan fingerprint density at radius 3 is 2.52 bits per heavy atom. The number of ether oxygens (including phenoxy) is 6. The molecule has 5 rings (SSSR count). The van der Waals surface area contributed by atoms with Gasteiger partial charge in [0, 0.05) is 55.5 Å². The van der Waals surface area contributed by atoms with Gasteiger partial charge in [0.05, 0.1) is 42.0 Å². The third-order valence-electron chi connectivity index (χ3n) is 8.62. The van der Waals surface area contributed by atoms with Crippen LogP contribution < -0.4 is 14.2 Å². The first-order valence-electron chi connectivity index (χ1n) is 18.5. The van der Waals surface area contributed by atoms with Gasteiger partial charge in [-0.05, 0) is 55.2 Å². The standard InChI is InChI=1S/C40H50N4O10S2/c1-6-18-51-40(46)38(23-44(22-28(2)3)56(47,48)33-13-14-36-37(21-33)54-27-53-36)50-20-19-49-25-39(45)43(5)17-15-35-34(8-7-16-41-35)30-9-11-32(12-10-30)52-24-31-26-55-29(4)42-31/h7-14,16,21,26,28,38H,6,15,17-20,22-25,27H2,1-5H3. The molecule has 302 valence electrons. The fraction of sp³-hybridized carbons (Fsp3) is 0.450. The SMILES string of the molecule is CCCOC(=O)C(CN(CC(C)C)S(=O)(=O)c1ccc2c(c1)OCO2)OCCOCC(=O)N(C)CCc1ncccc1-c1ccc(OCc2csc(C)n2)cc1. The van der Waals surface area contributed by atoms with Gasteiger partial charge in [-0.25, -0.2) is 18.2 Å². The van der Waals surface area contributed by atoms with Gasteiger partial charge in [0.2, 0.25) is 22.7 Å². The number of hydrogen-bond acceptors (Lipinski definition) is 13. The number of nitrogens with zero attached hydrogens (tertiary/aromatic N) is 4. The molecule has 0 saturated heterocycles. The van der Waals surface area contributed by atoms with Gasteiger partial charge in [-0.15, -0.1) is 11.3 Å². The van der Waals surface area contributed by atoms with Gasteiger partial charge < -0.3 is 33.3 Å². The highest BCUT2D eigenvalue weighted by molar-refractivity contribution is 7.89. The minimum Gasteiger partial charge on any atom is -0.487 e. The van der Waals surface area contributed by atoms with Crippen molar-refractivity contribution in [2.75, 3.05) is 59.9 Å². The van der Waals surface area contributed by atoms with Crippen molar-refractivity contribution in [1.29, 1.82) is 0 Å². The number of hydrogen-bond donors (Lipinski definition) is 0. The normalized spacial score (nSPS) is 12.9. The third-order valence-corrected chi connectivity index (χ3v) is 11.3. The molecule has 14 nitrogen and oxygen atoms in total. The van der Waals surface area contributed by atoms with Crippen LogP contribution in [0.25, 0.3) is 11.1 Å². The molecular formula is C40H50N4O10S2. The van der Waals surface area contributed by atoms with E-state index in [0.717, 1.165) is 33.3 Å². The molecule has 0 bridgehead atoms. The molecule has 1 atom stereocenters. The predicted octanol–water partition coefficient (Wildman–Crippen LogP) is 5.52. The zero-order valence-corrected chi connectivity index (χ0v) is 34.1. The van der Waals surface area contributed by atoms with Crippen molar-refractivity contribution in [2.45, 2.75) is 58.1 Å². The summed E-state index contributed by atoms with van der Waals surface area (Å²) < 4.78 is 62.3. The lowest BCUT2D eigenvalue weighted by atomic mass is 10.0. The summed E-state index contributed by atoms with van der Waals surface area (Å²) in [6, 6.07) is 16.1. The van der Waals surface area contributed by atoms with Crippen LogP contribution in [0.1, 0.15) is 43.6 Å². The molecule has 56 heavy (non-hydrogen) atoms. The second kappa shape index (κ2) is 20.5. The number of fused-ring (bicyclic) bond motifs is 1. The monoisotopic (exact) mass is 810 g/mol. The van der Waals surface area contributed by atoms with E-state index in [1.807, 2.05) is 69.5 Å². The van der Waals surface area contributed by atoms with E-state index >= 15 is 0 Å². The van der Waals surface area contributed by atoms with E-state index in [0.29, 0.717) is 37.5 Å². The number of rotatable bonds is 22. The maximum atomic E-state index is 13.8. The van der Waals surface area contributed by atoms with Crippen LogP contribution in [0.5, 0.6) is 17.2 Å². The Kier molecular flexibility index (Phi) is 15.6. The van der Waals surface area contributed by atoms with Crippen molar-refractivity contribution >= 4 is 33.2 Å². The highest BCUT2D eigenvalue weighted by Gasteiger charge is 2.33. The zero-order valence-electron chi connectivity index (χ0n) is 32.5. The summed E-state index contributed by atoms with van der Waals surface area (Å²) in [5, 5.41) is 2.99. The number of aryl methyl sites for hydroxylation is 1. The molecular weight excluding hydrogens is 761 g/mol. The summed E-state index contributed by atoms with van der Waals surface area (Å²) in [7, 11) is -2.36. The smallest absolute Gasteiger partial charge is 0.336 e. The molecule has 1 unspecified atom stereocenters. The van der Waals surface area contributed by atoms with E-state index in [2.05, 4.69) is 9.97 Å². The van der Waals surface area contributed by atoms with E-state index in [-0.39, 0.29) is 63.0 Å². The molecule has 0 N–H and O–H groups in total. The Labute approximate surface area is 332 Å². The number of thiazole rings is 1. The quantitative estimate of drug-likeness (QED) is 0.0725. The molecule has 0 spiro atoms. The van der Waals surface area contributed by atoms with Crippen LogP contribution in [0.3, 0.4) is 0 Å². The molecule has 1 aliphatic rings. The topological polar surface area (TPSA) is 156 Å². The predicted molar refractivity (Wildman–Crippen MR) is 210 cm³/mol. The molecule has 16 heteroatoms. The van der Waals surface area contributed by atoms with Crippen LogP contribution >= 0.6 is 11.3 Å². The molecule has 3 heterocycles. The van der Waals surface area contributed by atoms with Gasteiger partial charge in [-0.2, -0.15) is 4.31 Å². The lowest BCUT2D eigenvalue weighted by Crippen LogP contribution is -2.44. The average Bonchev–Trinajstić information content (AvgIpc) is 3.85. The van der Waals surface area contributed by atoms with Crippen LogP contribution in [-0.4, -0.2) is 105 Å². The van der Waals surface area contributed by atoms with Crippen LogP contribution in [0.2, 0.25) is 0 Å². The molecule has 0 aliphatic carbocycles. The fourth-order valence-corrected chi connectivity index (χ4v) is 7.94. The number of carbonyl (C=O) groups excluding carboxylic acids is 2. The van der Waals surface area contributed by atoms with E-state index in [9.17, 15) is 18.0 Å². The van der Waals surface area contributed by atoms with Crippen LogP contribution in [-0.2, 0) is 46.9 Å². The summed E-state index contributed by atoms with van der Waals surface area (Å²) in [6.07, 6.45) is 1.61. The summed E-state index contributed by atoms with van der Waals surface area (Å²) in [5.41, 5.74) is 3.69. The lowest BCUT2D eigenvalue weighted by Gasteiger charge is -2.27. The number of likely N-dealkylation sites (N-methyl/N-ethyl adjacent to an activating group) is 1. The van der Waals surface area contributed by atoms with Crippen molar-refractivity contribution in [3.8, 4) is 28.4 Å². The Hall–Kier alpha value is -4.61. The third kappa shape index (κ3) is 11.9. The van der Waals surface area contributed by atoms with Crippen molar-refractivity contribution in [3.63, 3.8) is 0 Å². The Balaban J connectivity index is 1.11. The maximum absolute atomic E-state index is 13.8. The summed E-state index contributed by atoms with van der Waals surface area (Å²) in [4.78, 5) is 36.7. The van der Waals surface area contributed by atoms with Gasteiger partial charge in [-0.3, -0.25) is 9.78 Å². The van der Waals surface area contributed by atoms with Gasteiger partial charge in [0.1, 0.15) is 19.0 Å². The molecule has 2 aromatic carbocycles. The molecule has 0 saturated carbocycles. The van der Waals surface area contributed by atoms with Crippen molar-refractivity contribution in [3.05, 3.63) is 82.6 Å². The first-order valence-corrected chi connectivity index (χ1v) is 20.8. The molecule has 0 radical (unpaired) electrons. The Morgan fingerprint density at radius 1 is 1.00 bits per heavy atom. The molecule has 0 fully saturated rings. The second-order valence-corrected chi connectivity index (χ2v) is 16.5. The van der Waals surface area contributed by atoms with Crippen LogP contribution in [0.4, 0.5) is 0 Å². The van der Waals surface area contributed by atoms with Crippen molar-refractivity contribution in [2.24, 2.45) is 5.92 Å². The number of sulfonamides is 1. The number of esters is 1. The van der Waals surface area contributed by atoms with E-state index in [4.69, 9.17) is 28.4 Å². The zero-order chi connectivity index (χ0) is 40.1. The number of aromatic nitrogens is 2. The van der Waals surface area contributed by atoms with Crippen molar-refractivity contribution < 1.29 is 46.4 Å². The van der Waals surface area contributed by atoms with E-state index in [1.54, 1.807) is 35.5 Å². The molecule has 2 aromatic heterocycles. The van der Waals surface area contributed by atoms with Gasteiger partial charge >= 0.3 is 5.97 Å². The Bertz CT molecular complexity index is 2010. The first-order chi connectivity index (χ1) is 26.9. The fourth-order valence-electron chi connectivity index (χ4n) is 5.72. The Morgan fingerprint density at radius 2 is 1.79 bits per heavy atom. The number of benzene rings is 2. The van der Waals surface area contributed by atoms with Crippen molar-refractivity contribution in [1.82, 2.24) is 19.2 Å². The lowest BCUT2D eigenvalue weighted by molar-refractivity contribution is -0.159. The molecule has 1 amide bonds. The van der Waals surface area contributed by atoms with E-state index in [1.165, 1.54) is 16.4 Å². The van der Waals surface area contributed by atoms with Crippen LogP contribution in [0.15, 0.2) is 71.1 Å².